The minimum absolute atomic E-state index is 0.0106. The Hall–Kier alpha value is -2.21. The lowest BCUT2D eigenvalue weighted by Gasteiger charge is -2.21. The Kier molecular flexibility index (Phi) is 3.02. The van der Waals surface area contributed by atoms with Crippen molar-refractivity contribution < 1.29 is 24.2 Å². The summed E-state index contributed by atoms with van der Waals surface area (Å²) in [5.41, 5.74) is 0.727. The van der Waals surface area contributed by atoms with Crippen molar-refractivity contribution in [1.82, 2.24) is 4.90 Å². The van der Waals surface area contributed by atoms with Crippen LogP contribution in [0.5, 0.6) is 0 Å². The van der Waals surface area contributed by atoms with Gasteiger partial charge in [0.1, 0.15) is 0 Å². The number of aliphatic carboxylic acids is 1. The summed E-state index contributed by atoms with van der Waals surface area (Å²) in [5, 5.41) is 9.09. The number of carboxylic acids is 1. The molecular formula is C14H13NO5. The van der Waals surface area contributed by atoms with Crippen molar-refractivity contribution in [3.8, 4) is 0 Å². The van der Waals surface area contributed by atoms with Crippen LogP contribution in [0, 0.1) is 5.92 Å². The standard InChI is InChI=1S/C14H13NO5/c16-12-8-3-1-2-4-9(8)13(17)15(12)7-11-10(14(18)19)5-6-20-11/h1-4,10-11H,5-7H2,(H,18,19)/t10?,11-/m0/s1. The molecule has 2 aliphatic rings. The predicted molar refractivity (Wildman–Crippen MR) is 67.3 cm³/mol. The van der Waals surface area contributed by atoms with E-state index >= 15 is 0 Å². The summed E-state index contributed by atoms with van der Waals surface area (Å²) in [6, 6.07) is 6.58. The third kappa shape index (κ3) is 1.89. The van der Waals surface area contributed by atoms with E-state index in [9.17, 15) is 14.4 Å². The van der Waals surface area contributed by atoms with Gasteiger partial charge in [-0.3, -0.25) is 19.3 Å². The molecule has 6 nitrogen and oxygen atoms in total. The predicted octanol–water partition coefficient (Wildman–Crippen LogP) is 0.772. The topological polar surface area (TPSA) is 83.9 Å². The second-order valence-electron chi connectivity index (χ2n) is 4.91. The molecule has 1 aromatic carbocycles. The number of hydrogen-bond acceptors (Lipinski definition) is 4. The lowest BCUT2D eigenvalue weighted by molar-refractivity contribution is -0.143. The first kappa shape index (κ1) is 12.8. The highest BCUT2D eigenvalue weighted by Crippen LogP contribution is 2.27. The number of fused-ring (bicyclic) bond motifs is 1. The van der Waals surface area contributed by atoms with Gasteiger partial charge in [0.25, 0.3) is 11.8 Å². The summed E-state index contributed by atoms with van der Waals surface area (Å²) in [5.74, 6) is -2.39. The van der Waals surface area contributed by atoms with Crippen LogP contribution in [-0.2, 0) is 9.53 Å². The van der Waals surface area contributed by atoms with Gasteiger partial charge >= 0.3 is 5.97 Å². The molecule has 2 aliphatic heterocycles. The van der Waals surface area contributed by atoms with Crippen molar-refractivity contribution in [1.29, 1.82) is 0 Å². The fraction of sp³-hybridized carbons (Fsp3) is 0.357. The highest BCUT2D eigenvalue weighted by molar-refractivity contribution is 6.21. The maximum Gasteiger partial charge on any atom is 0.309 e. The molecule has 2 amide bonds. The monoisotopic (exact) mass is 275 g/mol. The van der Waals surface area contributed by atoms with Crippen LogP contribution < -0.4 is 0 Å². The molecule has 0 radical (unpaired) electrons. The zero-order chi connectivity index (χ0) is 14.3. The van der Waals surface area contributed by atoms with Gasteiger partial charge in [-0.15, -0.1) is 0 Å². The maximum atomic E-state index is 12.2. The average molecular weight is 275 g/mol. The Morgan fingerprint density at radius 1 is 1.25 bits per heavy atom. The summed E-state index contributed by atoms with van der Waals surface area (Å²) in [6.07, 6.45) is -0.224. The molecule has 0 spiro atoms. The van der Waals surface area contributed by atoms with Gasteiger partial charge in [-0.1, -0.05) is 12.1 Å². The zero-order valence-corrected chi connectivity index (χ0v) is 10.6. The Morgan fingerprint density at radius 2 is 1.85 bits per heavy atom. The number of amides is 2. The fourth-order valence-electron chi connectivity index (χ4n) is 2.70. The molecule has 0 aromatic heterocycles. The Balaban J connectivity index is 1.82. The third-order valence-corrected chi connectivity index (χ3v) is 3.77. The van der Waals surface area contributed by atoms with Crippen LogP contribution in [0.3, 0.4) is 0 Å². The van der Waals surface area contributed by atoms with E-state index in [1.54, 1.807) is 24.3 Å². The SMILES string of the molecule is O=C(O)C1CCO[C@H]1CN1C(=O)c2ccccc2C1=O. The molecule has 0 aliphatic carbocycles. The van der Waals surface area contributed by atoms with Gasteiger partial charge in [0.15, 0.2) is 0 Å². The lowest BCUT2D eigenvalue weighted by atomic mass is 10.0. The van der Waals surface area contributed by atoms with E-state index in [0.717, 1.165) is 4.90 Å². The molecule has 1 unspecified atom stereocenters. The summed E-state index contributed by atoms with van der Waals surface area (Å²) in [4.78, 5) is 36.5. The van der Waals surface area contributed by atoms with E-state index in [1.165, 1.54) is 0 Å². The van der Waals surface area contributed by atoms with Gasteiger partial charge in [0.05, 0.1) is 29.7 Å². The number of carboxylic acid groups (broad SMARTS) is 1. The average Bonchev–Trinajstić information content (AvgIpc) is 2.99. The molecule has 2 heterocycles. The van der Waals surface area contributed by atoms with E-state index in [0.29, 0.717) is 24.2 Å². The van der Waals surface area contributed by atoms with Crippen molar-refractivity contribution >= 4 is 17.8 Å². The van der Waals surface area contributed by atoms with E-state index in [2.05, 4.69) is 0 Å². The molecule has 1 N–H and O–H groups in total. The largest absolute Gasteiger partial charge is 0.481 e. The normalized spacial score (nSPS) is 25.1. The number of ether oxygens (including phenoxy) is 1. The van der Waals surface area contributed by atoms with Crippen LogP contribution in [0.2, 0.25) is 0 Å². The quantitative estimate of drug-likeness (QED) is 0.824. The molecule has 1 saturated heterocycles. The Morgan fingerprint density at radius 3 is 2.40 bits per heavy atom. The number of nitrogens with zero attached hydrogens (tertiary/aromatic N) is 1. The Labute approximate surface area is 114 Å². The molecule has 0 saturated carbocycles. The number of rotatable bonds is 3. The van der Waals surface area contributed by atoms with Crippen LogP contribution >= 0.6 is 0 Å². The fourth-order valence-corrected chi connectivity index (χ4v) is 2.70. The van der Waals surface area contributed by atoms with E-state index in [-0.39, 0.29) is 18.4 Å². The van der Waals surface area contributed by atoms with Gasteiger partial charge in [-0.25, -0.2) is 0 Å². The molecule has 6 heteroatoms. The number of benzene rings is 1. The molecule has 2 atom stereocenters. The third-order valence-electron chi connectivity index (χ3n) is 3.77. The van der Waals surface area contributed by atoms with Gasteiger partial charge in [-0.05, 0) is 18.6 Å². The molecule has 3 rings (SSSR count). The van der Waals surface area contributed by atoms with Crippen LogP contribution in [-0.4, -0.2) is 47.0 Å². The first-order valence-electron chi connectivity index (χ1n) is 6.39. The smallest absolute Gasteiger partial charge is 0.309 e. The van der Waals surface area contributed by atoms with Crippen LogP contribution in [0.1, 0.15) is 27.1 Å². The minimum atomic E-state index is -0.955. The van der Waals surface area contributed by atoms with Crippen molar-refractivity contribution in [2.24, 2.45) is 5.92 Å². The summed E-state index contributed by atoms with van der Waals surface area (Å²) in [7, 11) is 0. The molecular weight excluding hydrogens is 262 g/mol. The summed E-state index contributed by atoms with van der Waals surface area (Å²) in [6.45, 7) is 0.327. The van der Waals surface area contributed by atoms with Crippen LogP contribution in [0.15, 0.2) is 24.3 Å². The first-order valence-corrected chi connectivity index (χ1v) is 6.39. The molecule has 1 fully saturated rings. The van der Waals surface area contributed by atoms with E-state index < -0.39 is 18.0 Å². The maximum absolute atomic E-state index is 12.2. The zero-order valence-electron chi connectivity index (χ0n) is 10.6. The number of carbonyl (C=O) groups excluding carboxylic acids is 2. The molecule has 104 valence electrons. The van der Waals surface area contributed by atoms with E-state index in [1.807, 2.05) is 0 Å². The van der Waals surface area contributed by atoms with Crippen molar-refractivity contribution in [3.63, 3.8) is 0 Å². The number of carbonyl (C=O) groups is 3. The van der Waals surface area contributed by atoms with Gasteiger partial charge < -0.3 is 9.84 Å². The van der Waals surface area contributed by atoms with E-state index in [4.69, 9.17) is 9.84 Å². The van der Waals surface area contributed by atoms with Gasteiger partial charge in [0, 0.05) is 6.61 Å². The molecule has 0 bridgehead atoms. The van der Waals surface area contributed by atoms with Crippen molar-refractivity contribution in [3.05, 3.63) is 35.4 Å². The Bertz CT molecular complexity index is 562. The van der Waals surface area contributed by atoms with Crippen LogP contribution in [0.25, 0.3) is 0 Å². The highest BCUT2D eigenvalue weighted by atomic mass is 16.5. The van der Waals surface area contributed by atoms with Gasteiger partial charge in [0.2, 0.25) is 0 Å². The summed E-state index contributed by atoms with van der Waals surface area (Å²) >= 11 is 0. The second-order valence-corrected chi connectivity index (χ2v) is 4.91. The molecule has 1 aromatic rings. The van der Waals surface area contributed by atoms with Crippen LogP contribution in [0.4, 0.5) is 0 Å². The second kappa shape index (κ2) is 4.72. The van der Waals surface area contributed by atoms with Gasteiger partial charge in [-0.2, -0.15) is 0 Å². The highest BCUT2D eigenvalue weighted by Gasteiger charge is 2.41. The summed E-state index contributed by atoms with van der Waals surface area (Å²) < 4.78 is 5.36. The first-order chi connectivity index (χ1) is 9.59. The lowest BCUT2D eigenvalue weighted by Crippen LogP contribution is -2.40. The molecule has 20 heavy (non-hydrogen) atoms. The number of imide groups is 1. The number of hydrogen-bond donors (Lipinski definition) is 1. The minimum Gasteiger partial charge on any atom is -0.481 e. The van der Waals surface area contributed by atoms with Crippen molar-refractivity contribution in [2.75, 3.05) is 13.2 Å². The van der Waals surface area contributed by atoms with Crippen molar-refractivity contribution in [2.45, 2.75) is 12.5 Å².